The highest BCUT2D eigenvalue weighted by Gasteiger charge is 2.27. The van der Waals surface area contributed by atoms with Crippen molar-refractivity contribution in [2.75, 3.05) is 5.75 Å². The van der Waals surface area contributed by atoms with Gasteiger partial charge in [0.1, 0.15) is 0 Å². The number of hydrogen-bond donors (Lipinski definition) is 1. The van der Waals surface area contributed by atoms with Gasteiger partial charge in [-0.25, -0.2) is 0 Å². The number of thioether (sulfide) groups is 1. The smallest absolute Gasteiger partial charge is 0.328 e. The summed E-state index contributed by atoms with van der Waals surface area (Å²) in [6, 6.07) is 0.0545. The Balaban J connectivity index is 3.22. The molecule has 0 amide bonds. The minimum atomic E-state index is -4.09. The molecule has 1 unspecified atom stereocenters. The third-order valence-corrected chi connectivity index (χ3v) is 2.33. The fraction of sp³-hybridized carbons (Fsp3) is 1.00. The molecule has 0 saturated heterocycles. The first-order valence-corrected chi connectivity index (χ1v) is 4.90. The first-order valence-electron chi connectivity index (χ1n) is 3.92. The Morgan fingerprint density at radius 1 is 1.42 bits per heavy atom. The average Bonchev–Trinajstić information content (AvgIpc) is 1.96. The van der Waals surface area contributed by atoms with E-state index in [4.69, 9.17) is 5.73 Å². The molecule has 0 heterocycles. The Morgan fingerprint density at radius 2 is 2.00 bits per heavy atom. The standard InChI is InChI=1S/C7H14F3NS/c1-2-6(11)4-3-5-12-7(8,9)10/h6H,2-5,11H2,1H3. The van der Waals surface area contributed by atoms with Gasteiger partial charge in [0.15, 0.2) is 0 Å². The molecule has 5 heteroatoms. The van der Waals surface area contributed by atoms with Gasteiger partial charge in [0.25, 0.3) is 0 Å². The van der Waals surface area contributed by atoms with Crippen LogP contribution in [0.15, 0.2) is 0 Å². The van der Waals surface area contributed by atoms with Crippen molar-refractivity contribution < 1.29 is 13.2 Å². The molecular weight excluding hydrogens is 187 g/mol. The van der Waals surface area contributed by atoms with Crippen LogP contribution >= 0.6 is 11.8 Å². The Kier molecular flexibility index (Phi) is 5.74. The molecule has 0 aliphatic rings. The zero-order valence-electron chi connectivity index (χ0n) is 7.03. The molecule has 1 atom stereocenters. The fourth-order valence-electron chi connectivity index (χ4n) is 0.738. The Bertz CT molecular complexity index is 116. The SMILES string of the molecule is CCC(N)CCCSC(F)(F)F. The second-order valence-electron chi connectivity index (χ2n) is 2.60. The van der Waals surface area contributed by atoms with Gasteiger partial charge in [-0.1, -0.05) is 18.7 Å². The van der Waals surface area contributed by atoms with E-state index in [1.807, 2.05) is 6.92 Å². The van der Waals surface area contributed by atoms with Crippen LogP contribution in [0, 0.1) is 0 Å². The average molecular weight is 201 g/mol. The quantitative estimate of drug-likeness (QED) is 0.692. The Labute approximate surface area is 74.9 Å². The van der Waals surface area contributed by atoms with E-state index in [1.54, 1.807) is 0 Å². The van der Waals surface area contributed by atoms with E-state index >= 15 is 0 Å². The summed E-state index contributed by atoms with van der Waals surface area (Å²) in [6.07, 6.45) is 2.05. The monoisotopic (exact) mass is 201 g/mol. The lowest BCUT2D eigenvalue weighted by atomic mass is 10.1. The summed E-state index contributed by atoms with van der Waals surface area (Å²) in [7, 11) is 0. The lowest BCUT2D eigenvalue weighted by molar-refractivity contribution is -0.0328. The molecule has 0 saturated carbocycles. The molecule has 0 radical (unpaired) electrons. The van der Waals surface area contributed by atoms with E-state index in [0.29, 0.717) is 12.8 Å². The van der Waals surface area contributed by atoms with Gasteiger partial charge in [0.2, 0.25) is 0 Å². The van der Waals surface area contributed by atoms with Gasteiger partial charge in [-0.05, 0) is 19.3 Å². The van der Waals surface area contributed by atoms with Gasteiger partial charge in [-0.2, -0.15) is 13.2 Å². The molecule has 0 spiro atoms. The van der Waals surface area contributed by atoms with Crippen molar-refractivity contribution in [2.45, 2.75) is 37.7 Å². The van der Waals surface area contributed by atoms with E-state index in [1.165, 1.54) is 0 Å². The molecule has 0 aromatic heterocycles. The molecule has 74 valence electrons. The second-order valence-corrected chi connectivity index (χ2v) is 3.76. The predicted octanol–water partition coefficient (Wildman–Crippen LogP) is 2.76. The second kappa shape index (κ2) is 5.70. The maximum absolute atomic E-state index is 11.6. The van der Waals surface area contributed by atoms with Crippen LogP contribution in [-0.2, 0) is 0 Å². The van der Waals surface area contributed by atoms with E-state index in [9.17, 15) is 13.2 Å². The highest BCUT2D eigenvalue weighted by molar-refractivity contribution is 8.00. The summed E-state index contributed by atoms with van der Waals surface area (Å²) in [6.45, 7) is 1.93. The maximum Gasteiger partial charge on any atom is 0.441 e. The topological polar surface area (TPSA) is 26.0 Å². The number of rotatable bonds is 5. The first kappa shape index (κ1) is 12.1. The summed E-state index contributed by atoms with van der Waals surface area (Å²) < 4.78 is 34.8. The van der Waals surface area contributed by atoms with Crippen LogP contribution in [0.2, 0.25) is 0 Å². The number of halogens is 3. The molecule has 0 aliphatic heterocycles. The summed E-state index contributed by atoms with van der Waals surface area (Å²) in [5, 5.41) is 0. The Hall–Kier alpha value is 0.100. The molecular formula is C7H14F3NS. The normalized spacial score (nSPS) is 14.8. The molecule has 0 aromatic carbocycles. The number of alkyl halides is 3. The molecule has 2 N–H and O–H groups in total. The van der Waals surface area contributed by atoms with Gasteiger partial charge in [0, 0.05) is 11.8 Å². The van der Waals surface area contributed by atoms with E-state index in [2.05, 4.69) is 0 Å². The lowest BCUT2D eigenvalue weighted by Crippen LogP contribution is -2.18. The van der Waals surface area contributed by atoms with Gasteiger partial charge >= 0.3 is 5.51 Å². The van der Waals surface area contributed by atoms with Crippen LogP contribution in [0.5, 0.6) is 0 Å². The third kappa shape index (κ3) is 8.20. The van der Waals surface area contributed by atoms with E-state index in [0.717, 1.165) is 6.42 Å². The van der Waals surface area contributed by atoms with Crippen LogP contribution in [0.25, 0.3) is 0 Å². The highest BCUT2D eigenvalue weighted by Crippen LogP contribution is 2.30. The highest BCUT2D eigenvalue weighted by atomic mass is 32.2. The van der Waals surface area contributed by atoms with E-state index < -0.39 is 5.51 Å². The van der Waals surface area contributed by atoms with Crippen LogP contribution in [0.1, 0.15) is 26.2 Å². The molecule has 0 aromatic rings. The zero-order chi connectivity index (χ0) is 9.61. The van der Waals surface area contributed by atoms with Crippen molar-refractivity contribution in [2.24, 2.45) is 5.73 Å². The zero-order valence-corrected chi connectivity index (χ0v) is 7.84. The molecule has 0 aliphatic carbocycles. The minimum Gasteiger partial charge on any atom is -0.328 e. The predicted molar refractivity (Wildman–Crippen MR) is 46.0 cm³/mol. The molecule has 0 bridgehead atoms. The summed E-state index contributed by atoms with van der Waals surface area (Å²) in [4.78, 5) is 0. The van der Waals surface area contributed by atoms with Crippen LogP contribution in [-0.4, -0.2) is 17.3 Å². The summed E-state index contributed by atoms with van der Waals surface area (Å²) in [5.74, 6) is 0.122. The Morgan fingerprint density at radius 3 is 2.42 bits per heavy atom. The van der Waals surface area contributed by atoms with Crippen LogP contribution in [0.4, 0.5) is 13.2 Å². The van der Waals surface area contributed by atoms with Crippen molar-refractivity contribution in [3.63, 3.8) is 0 Å². The summed E-state index contributed by atoms with van der Waals surface area (Å²) in [5.41, 5.74) is 1.45. The number of nitrogens with two attached hydrogens (primary N) is 1. The lowest BCUT2D eigenvalue weighted by Gasteiger charge is -2.08. The van der Waals surface area contributed by atoms with Crippen molar-refractivity contribution in [1.82, 2.24) is 0 Å². The van der Waals surface area contributed by atoms with Crippen molar-refractivity contribution in [1.29, 1.82) is 0 Å². The van der Waals surface area contributed by atoms with Crippen molar-refractivity contribution >= 4 is 11.8 Å². The van der Waals surface area contributed by atoms with Crippen LogP contribution < -0.4 is 5.73 Å². The largest absolute Gasteiger partial charge is 0.441 e. The van der Waals surface area contributed by atoms with Gasteiger partial charge in [-0.15, -0.1) is 0 Å². The molecule has 1 nitrogen and oxygen atoms in total. The molecule has 12 heavy (non-hydrogen) atoms. The van der Waals surface area contributed by atoms with Gasteiger partial charge < -0.3 is 5.73 Å². The van der Waals surface area contributed by atoms with Crippen LogP contribution in [0.3, 0.4) is 0 Å². The minimum absolute atomic E-state index is 0.0305. The summed E-state index contributed by atoms with van der Waals surface area (Å²) >= 11 is 0.0305. The first-order chi connectivity index (χ1) is 5.45. The fourth-order valence-corrected chi connectivity index (χ4v) is 1.28. The molecule has 0 fully saturated rings. The van der Waals surface area contributed by atoms with Gasteiger partial charge in [0.05, 0.1) is 0 Å². The van der Waals surface area contributed by atoms with E-state index in [-0.39, 0.29) is 23.6 Å². The van der Waals surface area contributed by atoms with Crippen molar-refractivity contribution in [3.05, 3.63) is 0 Å². The van der Waals surface area contributed by atoms with Crippen molar-refractivity contribution in [3.8, 4) is 0 Å². The third-order valence-electron chi connectivity index (χ3n) is 1.51. The number of hydrogen-bond acceptors (Lipinski definition) is 2. The van der Waals surface area contributed by atoms with Gasteiger partial charge in [-0.3, -0.25) is 0 Å². The molecule has 0 rings (SSSR count). The maximum atomic E-state index is 11.6.